The highest BCUT2D eigenvalue weighted by Crippen LogP contribution is 2.48. The first-order valence-corrected chi connectivity index (χ1v) is 16.3. The van der Waals surface area contributed by atoms with Crippen molar-refractivity contribution in [3.05, 3.63) is 108 Å². The SMILES string of the molecule is CCCCCCCCCC1CCC(c2ccc(Oc3ccc(N)cc3)cc2)(c2ccc(Oc3ccc(N)cc3)cc2)CC1. The van der Waals surface area contributed by atoms with Crippen LogP contribution in [0.2, 0.25) is 0 Å². The summed E-state index contributed by atoms with van der Waals surface area (Å²) < 4.78 is 12.2. The third-order valence-corrected chi connectivity index (χ3v) is 9.22. The predicted molar refractivity (Wildman–Crippen MR) is 180 cm³/mol. The van der Waals surface area contributed by atoms with Gasteiger partial charge in [-0.25, -0.2) is 0 Å². The van der Waals surface area contributed by atoms with Crippen molar-refractivity contribution in [1.82, 2.24) is 0 Å². The summed E-state index contributed by atoms with van der Waals surface area (Å²) in [5.41, 5.74) is 15.9. The van der Waals surface area contributed by atoms with E-state index in [2.05, 4.69) is 55.5 Å². The standard InChI is InChI=1S/C39H48N2O2/c1-2-3-4-5-6-7-8-9-30-26-28-39(29-27-30,31-10-18-35(19-11-31)42-37-22-14-33(40)15-23-37)32-12-20-36(21-13-32)43-38-24-16-34(41)17-25-38/h10-25,30H,2-9,26-29,40-41H2,1H3. The molecule has 0 saturated heterocycles. The zero-order valence-electron chi connectivity index (χ0n) is 25.8. The number of nitrogens with two attached hydrogens (primary N) is 2. The molecule has 4 aromatic carbocycles. The van der Waals surface area contributed by atoms with Crippen molar-refractivity contribution >= 4 is 11.4 Å². The topological polar surface area (TPSA) is 70.5 Å². The molecule has 5 rings (SSSR count). The second kappa shape index (κ2) is 15.0. The van der Waals surface area contributed by atoms with Crippen LogP contribution in [-0.4, -0.2) is 0 Å². The van der Waals surface area contributed by atoms with Gasteiger partial charge in [0.15, 0.2) is 0 Å². The Morgan fingerprint density at radius 1 is 0.535 bits per heavy atom. The molecular formula is C39H48N2O2. The normalized spacial score (nSPS) is 14.8. The first-order valence-electron chi connectivity index (χ1n) is 16.3. The summed E-state index contributed by atoms with van der Waals surface area (Å²) in [6.45, 7) is 2.29. The summed E-state index contributed by atoms with van der Waals surface area (Å²) in [6.07, 6.45) is 15.9. The number of hydrogen-bond donors (Lipinski definition) is 2. The van der Waals surface area contributed by atoms with E-state index >= 15 is 0 Å². The van der Waals surface area contributed by atoms with Crippen molar-refractivity contribution in [1.29, 1.82) is 0 Å². The minimum absolute atomic E-state index is 0.0177. The van der Waals surface area contributed by atoms with Gasteiger partial charge in [-0.1, -0.05) is 82.6 Å². The Bertz CT molecular complexity index is 1280. The number of benzene rings is 4. The summed E-state index contributed by atoms with van der Waals surface area (Å²) in [5, 5.41) is 0. The number of nitrogen functional groups attached to an aromatic ring is 2. The Hall–Kier alpha value is -3.92. The van der Waals surface area contributed by atoms with E-state index in [1.165, 1.54) is 75.3 Å². The highest BCUT2D eigenvalue weighted by molar-refractivity contribution is 5.47. The van der Waals surface area contributed by atoms with E-state index in [1.807, 2.05) is 48.5 Å². The van der Waals surface area contributed by atoms with Gasteiger partial charge in [-0.05, 0) is 116 Å². The minimum Gasteiger partial charge on any atom is -0.457 e. The van der Waals surface area contributed by atoms with Crippen LogP contribution in [0.1, 0.15) is 95.1 Å². The zero-order valence-corrected chi connectivity index (χ0v) is 25.8. The van der Waals surface area contributed by atoms with Gasteiger partial charge in [-0.15, -0.1) is 0 Å². The quantitative estimate of drug-likeness (QED) is 0.116. The van der Waals surface area contributed by atoms with E-state index in [4.69, 9.17) is 20.9 Å². The van der Waals surface area contributed by atoms with Crippen LogP contribution in [-0.2, 0) is 5.41 Å². The van der Waals surface area contributed by atoms with Crippen molar-refractivity contribution in [2.24, 2.45) is 5.92 Å². The molecule has 226 valence electrons. The summed E-state index contributed by atoms with van der Waals surface area (Å²) >= 11 is 0. The maximum atomic E-state index is 6.12. The average molecular weight is 577 g/mol. The van der Waals surface area contributed by atoms with E-state index in [1.54, 1.807) is 0 Å². The van der Waals surface area contributed by atoms with Crippen LogP contribution >= 0.6 is 0 Å². The molecule has 4 N–H and O–H groups in total. The number of rotatable bonds is 14. The molecule has 0 amide bonds. The van der Waals surface area contributed by atoms with E-state index in [0.717, 1.165) is 53.1 Å². The van der Waals surface area contributed by atoms with Crippen LogP contribution < -0.4 is 20.9 Å². The van der Waals surface area contributed by atoms with Gasteiger partial charge in [0.05, 0.1) is 0 Å². The van der Waals surface area contributed by atoms with Gasteiger partial charge in [-0.3, -0.25) is 0 Å². The highest BCUT2D eigenvalue weighted by Gasteiger charge is 2.38. The average Bonchev–Trinajstić information content (AvgIpc) is 3.04. The molecule has 43 heavy (non-hydrogen) atoms. The minimum atomic E-state index is -0.0177. The molecule has 0 aliphatic heterocycles. The van der Waals surface area contributed by atoms with E-state index in [9.17, 15) is 0 Å². The molecular weight excluding hydrogens is 528 g/mol. The fraction of sp³-hybridized carbons (Fsp3) is 0.385. The van der Waals surface area contributed by atoms with Gasteiger partial charge in [0.25, 0.3) is 0 Å². The molecule has 0 atom stereocenters. The lowest BCUT2D eigenvalue weighted by atomic mass is 9.62. The molecule has 1 fully saturated rings. The van der Waals surface area contributed by atoms with E-state index < -0.39 is 0 Å². The molecule has 0 aromatic heterocycles. The van der Waals surface area contributed by atoms with Gasteiger partial charge in [-0.2, -0.15) is 0 Å². The number of anilines is 2. The summed E-state index contributed by atoms with van der Waals surface area (Å²) in [7, 11) is 0. The first kappa shape index (κ1) is 30.5. The van der Waals surface area contributed by atoms with Gasteiger partial charge < -0.3 is 20.9 Å². The van der Waals surface area contributed by atoms with Crippen molar-refractivity contribution in [3.63, 3.8) is 0 Å². The fourth-order valence-electron chi connectivity index (χ4n) is 6.62. The lowest BCUT2D eigenvalue weighted by molar-refractivity contribution is 0.250. The Labute approximate surface area is 258 Å². The molecule has 4 heteroatoms. The van der Waals surface area contributed by atoms with E-state index in [-0.39, 0.29) is 5.41 Å². The van der Waals surface area contributed by atoms with Crippen LogP contribution in [0.3, 0.4) is 0 Å². The molecule has 4 nitrogen and oxygen atoms in total. The lowest BCUT2D eigenvalue weighted by Gasteiger charge is -2.41. The second-order valence-corrected chi connectivity index (χ2v) is 12.3. The number of ether oxygens (including phenoxy) is 2. The molecule has 0 heterocycles. The molecule has 1 aliphatic carbocycles. The molecule has 1 aliphatic rings. The Morgan fingerprint density at radius 3 is 1.33 bits per heavy atom. The van der Waals surface area contributed by atoms with Gasteiger partial charge in [0.1, 0.15) is 23.0 Å². The van der Waals surface area contributed by atoms with Crippen LogP contribution in [0.25, 0.3) is 0 Å². The zero-order chi connectivity index (χ0) is 29.9. The smallest absolute Gasteiger partial charge is 0.127 e. The Morgan fingerprint density at radius 2 is 0.907 bits per heavy atom. The second-order valence-electron chi connectivity index (χ2n) is 12.3. The molecule has 0 spiro atoms. The Balaban J connectivity index is 1.29. The Kier molecular flexibility index (Phi) is 10.7. The first-order chi connectivity index (χ1) is 21.0. The summed E-state index contributed by atoms with van der Waals surface area (Å²) in [5.74, 6) is 4.08. The third kappa shape index (κ3) is 8.34. The molecule has 0 bridgehead atoms. The number of hydrogen-bond acceptors (Lipinski definition) is 4. The third-order valence-electron chi connectivity index (χ3n) is 9.22. The summed E-state index contributed by atoms with van der Waals surface area (Å²) in [6, 6.07) is 32.6. The van der Waals surface area contributed by atoms with Crippen LogP contribution in [0, 0.1) is 5.92 Å². The summed E-state index contributed by atoms with van der Waals surface area (Å²) in [4.78, 5) is 0. The van der Waals surface area contributed by atoms with Crippen molar-refractivity contribution in [3.8, 4) is 23.0 Å². The fourth-order valence-corrected chi connectivity index (χ4v) is 6.62. The molecule has 0 radical (unpaired) electrons. The van der Waals surface area contributed by atoms with Gasteiger partial charge >= 0.3 is 0 Å². The van der Waals surface area contributed by atoms with Crippen LogP contribution in [0.5, 0.6) is 23.0 Å². The molecule has 1 saturated carbocycles. The number of unbranched alkanes of at least 4 members (excludes halogenated alkanes) is 6. The predicted octanol–water partition coefficient (Wildman–Crippen LogP) is 11.1. The van der Waals surface area contributed by atoms with Crippen LogP contribution in [0.4, 0.5) is 11.4 Å². The monoisotopic (exact) mass is 576 g/mol. The maximum absolute atomic E-state index is 6.12. The molecule has 4 aromatic rings. The van der Waals surface area contributed by atoms with Crippen molar-refractivity contribution in [2.75, 3.05) is 11.5 Å². The molecule has 0 unspecified atom stereocenters. The largest absolute Gasteiger partial charge is 0.457 e. The van der Waals surface area contributed by atoms with Crippen LogP contribution in [0.15, 0.2) is 97.1 Å². The highest BCUT2D eigenvalue weighted by atomic mass is 16.5. The maximum Gasteiger partial charge on any atom is 0.127 e. The van der Waals surface area contributed by atoms with Crippen molar-refractivity contribution in [2.45, 2.75) is 89.4 Å². The van der Waals surface area contributed by atoms with Gasteiger partial charge in [0, 0.05) is 16.8 Å². The van der Waals surface area contributed by atoms with E-state index in [0.29, 0.717) is 0 Å². The van der Waals surface area contributed by atoms with Crippen molar-refractivity contribution < 1.29 is 9.47 Å². The van der Waals surface area contributed by atoms with Gasteiger partial charge in [0.2, 0.25) is 0 Å². The lowest BCUT2D eigenvalue weighted by Crippen LogP contribution is -2.33.